The zero-order valence-electron chi connectivity index (χ0n) is 17.3. The van der Waals surface area contributed by atoms with Gasteiger partial charge >= 0.3 is 0 Å². The molecule has 0 saturated heterocycles. The van der Waals surface area contributed by atoms with E-state index in [0.717, 1.165) is 11.4 Å². The summed E-state index contributed by atoms with van der Waals surface area (Å²) in [5.41, 5.74) is 1.28. The largest absolute Gasteiger partial charge is 0.490 e. The van der Waals surface area contributed by atoms with Gasteiger partial charge in [0.1, 0.15) is 15.8 Å². The molecule has 0 radical (unpaired) electrons. The van der Waals surface area contributed by atoms with Gasteiger partial charge in [0.05, 0.1) is 11.6 Å². The monoisotopic (exact) mass is 450 g/mol. The minimum Gasteiger partial charge on any atom is -0.490 e. The summed E-state index contributed by atoms with van der Waals surface area (Å²) in [7, 11) is 1.99. The van der Waals surface area contributed by atoms with Crippen LogP contribution in [-0.4, -0.2) is 46.6 Å². The summed E-state index contributed by atoms with van der Waals surface area (Å²) >= 11 is 7.66. The van der Waals surface area contributed by atoms with Crippen molar-refractivity contribution in [3.8, 4) is 26.9 Å². The molecule has 2 heterocycles. The number of pyridine rings is 1. The van der Waals surface area contributed by atoms with Crippen molar-refractivity contribution in [3.63, 3.8) is 0 Å². The van der Waals surface area contributed by atoms with Crippen molar-refractivity contribution < 1.29 is 14.2 Å². The Morgan fingerprint density at radius 2 is 1.93 bits per heavy atom. The molecule has 9 heteroatoms. The van der Waals surface area contributed by atoms with E-state index in [2.05, 4.69) is 33.9 Å². The number of aliphatic hydroxyl groups excluding tert-OH is 1. The van der Waals surface area contributed by atoms with Crippen molar-refractivity contribution in [2.45, 2.75) is 26.8 Å². The zero-order valence-corrected chi connectivity index (χ0v) is 18.8. The maximum Gasteiger partial charge on any atom is 0.165 e. The number of aromatic nitrogens is 3. The van der Waals surface area contributed by atoms with Crippen molar-refractivity contribution in [3.05, 3.63) is 41.3 Å². The van der Waals surface area contributed by atoms with Gasteiger partial charge in [0.15, 0.2) is 11.6 Å². The Labute approximate surface area is 184 Å². The van der Waals surface area contributed by atoms with Crippen LogP contribution in [0.5, 0.6) is 5.75 Å². The van der Waals surface area contributed by atoms with Crippen LogP contribution in [0.15, 0.2) is 30.5 Å². The summed E-state index contributed by atoms with van der Waals surface area (Å²) in [5, 5.41) is 19.0. The second kappa shape index (κ2) is 9.68. The molecule has 1 aromatic carbocycles. The van der Waals surface area contributed by atoms with Crippen LogP contribution < -0.4 is 9.64 Å². The molecule has 30 heavy (non-hydrogen) atoms. The lowest BCUT2D eigenvalue weighted by Gasteiger charge is -2.22. The summed E-state index contributed by atoms with van der Waals surface area (Å²) in [6.07, 6.45) is 1.75. The Balaban J connectivity index is 1.81. The third-order valence-corrected chi connectivity index (χ3v) is 5.96. The topological polar surface area (TPSA) is 71.4 Å². The lowest BCUT2D eigenvalue weighted by Crippen LogP contribution is -2.26. The molecule has 1 unspecified atom stereocenters. The van der Waals surface area contributed by atoms with Gasteiger partial charge < -0.3 is 14.7 Å². The Hall–Kier alpha value is -2.29. The van der Waals surface area contributed by atoms with Crippen LogP contribution in [0.2, 0.25) is 5.02 Å². The molecule has 0 aliphatic rings. The van der Waals surface area contributed by atoms with Crippen LogP contribution in [0.25, 0.3) is 21.1 Å². The summed E-state index contributed by atoms with van der Waals surface area (Å²) in [5.74, 6) is 0.269. The minimum absolute atomic E-state index is 0.0371. The average Bonchev–Trinajstić information content (AvgIpc) is 3.23. The van der Waals surface area contributed by atoms with Crippen LogP contribution in [0, 0.1) is 11.7 Å². The van der Waals surface area contributed by atoms with E-state index in [4.69, 9.17) is 21.4 Å². The number of rotatable bonds is 8. The van der Waals surface area contributed by atoms with E-state index in [1.165, 1.54) is 23.5 Å². The first-order chi connectivity index (χ1) is 14.3. The van der Waals surface area contributed by atoms with E-state index in [1.54, 1.807) is 13.1 Å². The van der Waals surface area contributed by atoms with Crippen molar-refractivity contribution in [1.82, 2.24) is 15.2 Å². The van der Waals surface area contributed by atoms with Crippen LogP contribution >= 0.6 is 22.9 Å². The molecule has 0 amide bonds. The fraction of sp³-hybridized carbons (Fsp3) is 0.381. The highest BCUT2D eigenvalue weighted by Gasteiger charge is 2.17. The Morgan fingerprint density at radius 1 is 1.20 bits per heavy atom. The molecule has 0 bridgehead atoms. The van der Waals surface area contributed by atoms with Crippen molar-refractivity contribution in [2.75, 3.05) is 25.2 Å². The van der Waals surface area contributed by atoms with Gasteiger partial charge in [-0.15, -0.1) is 10.2 Å². The van der Waals surface area contributed by atoms with E-state index < -0.39 is 5.82 Å². The number of hydrogen-bond donors (Lipinski definition) is 1. The first-order valence-corrected chi connectivity index (χ1v) is 10.8. The molecule has 6 nitrogen and oxygen atoms in total. The quantitative estimate of drug-likeness (QED) is 0.525. The highest BCUT2D eigenvalue weighted by atomic mass is 35.5. The van der Waals surface area contributed by atoms with Gasteiger partial charge in [-0.1, -0.05) is 29.9 Å². The zero-order chi connectivity index (χ0) is 21.8. The van der Waals surface area contributed by atoms with E-state index in [1.807, 2.05) is 19.2 Å². The predicted molar refractivity (Wildman–Crippen MR) is 119 cm³/mol. The number of benzene rings is 1. The number of nitrogens with zero attached hydrogens (tertiary/aromatic N) is 4. The molecule has 0 aliphatic heterocycles. The third-order valence-electron chi connectivity index (χ3n) is 4.64. The molecule has 3 rings (SSSR count). The number of hydrogen-bond acceptors (Lipinski definition) is 7. The fourth-order valence-corrected chi connectivity index (χ4v) is 3.69. The van der Waals surface area contributed by atoms with E-state index in [9.17, 15) is 4.39 Å². The first-order valence-electron chi connectivity index (χ1n) is 9.56. The van der Waals surface area contributed by atoms with Gasteiger partial charge in [-0.2, -0.15) is 0 Å². The van der Waals surface area contributed by atoms with Crippen LogP contribution in [0.4, 0.5) is 10.2 Å². The summed E-state index contributed by atoms with van der Waals surface area (Å²) < 4.78 is 19.9. The van der Waals surface area contributed by atoms with Gasteiger partial charge in [-0.05, 0) is 32.0 Å². The van der Waals surface area contributed by atoms with Gasteiger partial charge in [0, 0.05) is 49.0 Å². The van der Waals surface area contributed by atoms with E-state index in [-0.39, 0.29) is 24.9 Å². The highest BCUT2D eigenvalue weighted by Crippen LogP contribution is 2.37. The minimum atomic E-state index is -0.543. The Kier molecular flexibility index (Phi) is 7.23. The van der Waals surface area contributed by atoms with Crippen LogP contribution in [0.1, 0.15) is 20.8 Å². The Bertz CT molecular complexity index is 997. The second-order valence-corrected chi connectivity index (χ2v) is 8.77. The van der Waals surface area contributed by atoms with Crippen molar-refractivity contribution >= 4 is 28.8 Å². The molecule has 3 aromatic rings. The number of aliphatic hydroxyl groups is 1. The van der Waals surface area contributed by atoms with Gasteiger partial charge in [-0.3, -0.25) is 0 Å². The summed E-state index contributed by atoms with van der Waals surface area (Å²) in [4.78, 5) is 6.56. The molecule has 1 N–H and O–H groups in total. The Morgan fingerprint density at radius 3 is 2.57 bits per heavy atom. The lowest BCUT2D eigenvalue weighted by atomic mass is 10.2. The molecule has 160 valence electrons. The standard InChI is InChI=1S/C21H24ClFN4O2S/c1-12(2)27(4)19-6-5-14(9-24-19)20-25-26-21(30-20)15-7-17(23)18(8-16(15)22)29-11-13(3)10-28/h5-9,12-13,28H,10-11H2,1-4H3. The van der Waals surface area contributed by atoms with Crippen LogP contribution in [0.3, 0.4) is 0 Å². The number of halogens is 2. The van der Waals surface area contributed by atoms with Crippen molar-refractivity contribution in [2.24, 2.45) is 5.92 Å². The van der Waals surface area contributed by atoms with E-state index >= 15 is 0 Å². The SMILES string of the molecule is CC(CO)COc1cc(Cl)c(-c2nnc(-c3ccc(N(C)C(C)C)nc3)s2)cc1F. The molecule has 1 atom stereocenters. The molecule has 0 saturated carbocycles. The smallest absolute Gasteiger partial charge is 0.165 e. The number of anilines is 1. The molecular weight excluding hydrogens is 427 g/mol. The van der Waals surface area contributed by atoms with Gasteiger partial charge in [0.25, 0.3) is 0 Å². The van der Waals surface area contributed by atoms with Gasteiger partial charge in [-0.25, -0.2) is 9.37 Å². The second-order valence-electron chi connectivity index (χ2n) is 7.38. The molecule has 0 spiro atoms. The maximum absolute atomic E-state index is 14.5. The lowest BCUT2D eigenvalue weighted by molar-refractivity contribution is 0.171. The van der Waals surface area contributed by atoms with Crippen LogP contribution in [-0.2, 0) is 0 Å². The molecule has 0 fully saturated rings. The normalized spacial score (nSPS) is 12.3. The summed E-state index contributed by atoms with van der Waals surface area (Å²) in [6, 6.07) is 6.93. The highest BCUT2D eigenvalue weighted by molar-refractivity contribution is 7.18. The van der Waals surface area contributed by atoms with Gasteiger partial charge in [0.2, 0.25) is 0 Å². The molecular formula is C21H24ClFN4O2S. The molecule has 2 aromatic heterocycles. The number of ether oxygens (including phenoxy) is 1. The first kappa shape index (κ1) is 22.4. The predicted octanol–water partition coefficient (Wildman–Crippen LogP) is 4.91. The third kappa shape index (κ3) is 5.06. The maximum atomic E-state index is 14.5. The van der Waals surface area contributed by atoms with E-state index in [0.29, 0.717) is 26.6 Å². The molecule has 0 aliphatic carbocycles. The summed E-state index contributed by atoms with van der Waals surface area (Å²) in [6.45, 7) is 6.16. The average molecular weight is 451 g/mol. The van der Waals surface area contributed by atoms with Crippen molar-refractivity contribution in [1.29, 1.82) is 0 Å². The fourth-order valence-electron chi connectivity index (χ4n) is 2.52.